The molecule has 1 aromatic heterocycles. The number of anilines is 1. The third-order valence-corrected chi connectivity index (χ3v) is 2.58. The quantitative estimate of drug-likeness (QED) is 0.552. The average Bonchev–Trinajstić information content (AvgIpc) is 2.53. The molecule has 1 unspecified atom stereocenters. The Bertz CT molecular complexity index is 270. The van der Waals surface area contributed by atoms with Gasteiger partial charge in [-0.05, 0) is 6.92 Å². The van der Waals surface area contributed by atoms with Crippen molar-refractivity contribution in [2.45, 2.75) is 19.4 Å². The first kappa shape index (κ1) is 9.91. The van der Waals surface area contributed by atoms with E-state index < -0.39 is 0 Å². The lowest BCUT2D eigenvalue weighted by atomic mass is 10.2. The van der Waals surface area contributed by atoms with Gasteiger partial charge in [-0.2, -0.15) is 4.37 Å². The highest BCUT2D eigenvalue weighted by Gasteiger charge is 2.13. The lowest BCUT2D eigenvalue weighted by molar-refractivity contribution is 0.706. The molecule has 0 amide bonds. The summed E-state index contributed by atoms with van der Waals surface area (Å²) in [6.45, 7) is 2.00. The first-order chi connectivity index (χ1) is 6.11. The molecule has 1 heterocycles. The molecule has 5 nitrogen and oxygen atoms in total. The molecule has 1 atom stereocenters. The Kier molecular flexibility index (Phi) is 3.18. The maximum Gasteiger partial charge on any atom is 0.204 e. The van der Waals surface area contributed by atoms with Gasteiger partial charge in [-0.15, -0.1) is 0 Å². The van der Waals surface area contributed by atoms with Crippen LogP contribution in [0.2, 0.25) is 0 Å². The van der Waals surface area contributed by atoms with Crippen LogP contribution in [0.15, 0.2) is 6.33 Å². The summed E-state index contributed by atoms with van der Waals surface area (Å²) >= 11 is 1.34. The van der Waals surface area contributed by atoms with E-state index in [0.29, 0.717) is 6.42 Å². The highest BCUT2D eigenvalue weighted by atomic mass is 32.1. The molecule has 0 aliphatic rings. The van der Waals surface area contributed by atoms with Crippen molar-refractivity contribution in [3.05, 3.63) is 6.33 Å². The molecule has 0 fully saturated rings. The molecule has 0 aliphatic heterocycles. The maximum absolute atomic E-state index is 7.16. The van der Waals surface area contributed by atoms with Crippen LogP contribution in [0.5, 0.6) is 0 Å². The van der Waals surface area contributed by atoms with Crippen molar-refractivity contribution in [1.82, 2.24) is 9.36 Å². The van der Waals surface area contributed by atoms with Crippen LogP contribution in [-0.4, -0.2) is 28.3 Å². The van der Waals surface area contributed by atoms with E-state index in [1.807, 2.05) is 18.9 Å². The summed E-state index contributed by atoms with van der Waals surface area (Å²) in [5, 5.41) is 8.02. The van der Waals surface area contributed by atoms with Gasteiger partial charge in [-0.1, -0.05) is 0 Å². The molecule has 6 heteroatoms. The Morgan fingerprint density at radius 3 is 3.00 bits per heavy atom. The van der Waals surface area contributed by atoms with Crippen molar-refractivity contribution in [3.8, 4) is 0 Å². The smallest absolute Gasteiger partial charge is 0.204 e. The van der Waals surface area contributed by atoms with E-state index in [4.69, 9.17) is 11.1 Å². The summed E-state index contributed by atoms with van der Waals surface area (Å²) in [6.07, 6.45) is 2.08. The lowest BCUT2D eigenvalue weighted by Gasteiger charge is -2.22. The number of nitrogens with zero attached hydrogens (tertiary/aromatic N) is 3. The summed E-state index contributed by atoms with van der Waals surface area (Å²) in [4.78, 5) is 6.04. The van der Waals surface area contributed by atoms with Crippen LogP contribution in [0, 0.1) is 5.41 Å². The zero-order valence-corrected chi connectivity index (χ0v) is 8.51. The number of hydrogen-bond acceptors (Lipinski definition) is 5. The van der Waals surface area contributed by atoms with E-state index >= 15 is 0 Å². The number of nitrogens with two attached hydrogens (primary N) is 1. The Labute approximate surface area is 81.3 Å². The van der Waals surface area contributed by atoms with Gasteiger partial charge >= 0.3 is 0 Å². The molecule has 13 heavy (non-hydrogen) atoms. The first-order valence-corrected chi connectivity index (χ1v) is 4.71. The first-order valence-electron chi connectivity index (χ1n) is 3.93. The van der Waals surface area contributed by atoms with Crippen molar-refractivity contribution < 1.29 is 0 Å². The normalized spacial score (nSPS) is 12.5. The molecule has 1 aromatic rings. The zero-order chi connectivity index (χ0) is 9.84. The fourth-order valence-electron chi connectivity index (χ4n) is 0.966. The molecule has 0 spiro atoms. The van der Waals surface area contributed by atoms with E-state index in [0.717, 1.165) is 5.13 Å². The highest BCUT2D eigenvalue weighted by molar-refractivity contribution is 7.09. The molecule has 0 saturated carbocycles. The highest BCUT2D eigenvalue weighted by Crippen LogP contribution is 2.16. The molecule has 0 aliphatic carbocycles. The molecule has 0 bridgehead atoms. The SMILES string of the molecule is CC(CC(=N)N)N(C)c1ncns1. The predicted molar refractivity (Wildman–Crippen MR) is 54.3 cm³/mol. The zero-order valence-electron chi connectivity index (χ0n) is 7.69. The van der Waals surface area contributed by atoms with E-state index in [9.17, 15) is 0 Å². The number of amidine groups is 1. The van der Waals surface area contributed by atoms with Gasteiger partial charge in [0.15, 0.2) is 0 Å². The summed E-state index contributed by atoms with van der Waals surface area (Å²) in [5.74, 6) is 0.198. The minimum atomic E-state index is 0.186. The van der Waals surface area contributed by atoms with E-state index in [1.54, 1.807) is 0 Å². The Morgan fingerprint density at radius 2 is 2.54 bits per heavy atom. The van der Waals surface area contributed by atoms with Crippen molar-refractivity contribution >= 4 is 22.5 Å². The summed E-state index contributed by atoms with van der Waals surface area (Å²) < 4.78 is 3.91. The molecule has 3 N–H and O–H groups in total. The number of rotatable bonds is 4. The monoisotopic (exact) mass is 199 g/mol. The third kappa shape index (κ3) is 2.66. The maximum atomic E-state index is 7.16. The van der Waals surface area contributed by atoms with Crippen LogP contribution in [0.3, 0.4) is 0 Å². The van der Waals surface area contributed by atoms with Crippen LogP contribution < -0.4 is 10.6 Å². The average molecular weight is 199 g/mol. The van der Waals surface area contributed by atoms with Crippen molar-refractivity contribution in [3.63, 3.8) is 0 Å². The van der Waals surface area contributed by atoms with Gasteiger partial charge in [-0.3, -0.25) is 5.41 Å². The second-order valence-corrected chi connectivity index (χ2v) is 3.67. The standard InChI is InChI=1S/C7H13N5S/c1-5(3-6(8)9)12(2)7-10-4-11-13-7/h4-5H,3H2,1-2H3,(H3,8,9). The van der Waals surface area contributed by atoms with Crippen molar-refractivity contribution in [1.29, 1.82) is 5.41 Å². The van der Waals surface area contributed by atoms with Crippen LogP contribution in [0.4, 0.5) is 5.13 Å². The van der Waals surface area contributed by atoms with Gasteiger partial charge in [0, 0.05) is 31.0 Å². The van der Waals surface area contributed by atoms with Crippen LogP contribution >= 0.6 is 11.5 Å². The Balaban J connectivity index is 2.57. The minimum Gasteiger partial charge on any atom is -0.388 e. The molecule has 0 radical (unpaired) electrons. The molecular weight excluding hydrogens is 186 g/mol. The van der Waals surface area contributed by atoms with E-state index in [1.165, 1.54) is 17.9 Å². The fraction of sp³-hybridized carbons (Fsp3) is 0.571. The minimum absolute atomic E-state index is 0.186. The van der Waals surface area contributed by atoms with Gasteiger partial charge in [0.1, 0.15) is 6.33 Å². The van der Waals surface area contributed by atoms with Gasteiger partial charge in [-0.25, -0.2) is 4.98 Å². The molecule has 1 rings (SSSR count). The topological polar surface area (TPSA) is 78.9 Å². The third-order valence-electron chi connectivity index (χ3n) is 1.83. The van der Waals surface area contributed by atoms with E-state index in [2.05, 4.69) is 9.36 Å². The Morgan fingerprint density at radius 1 is 1.85 bits per heavy atom. The molecule has 0 aromatic carbocycles. The van der Waals surface area contributed by atoms with Crippen LogP contribution in [-0.2, 0) is 0 Å². The summed E-state index contributed by atoms with van der Waals surface area (Å²) in [5.41, 5.74) is 5.31. The molecule has 0 saturated heterocycles. The fourth-order valence-corrected chi connectivity index (χ4v) is 1.56. The van der Waals surface area contributed by atoms with Crippen LogP contribution in [0.25, 0.3) is 0 Å². The second kappa shape index (κ2) is 4.18. The van der Waals surface area contributed by atoms with Gasteiger partial charge < -0.3 is 10.6 Å². The number of aromatic nitrogens is 2. The predicted octanol–water partition coefficient (Wildman–Crippen LogP) is 0.689. The van der Waals surface area contributed by atoms with Crippen molar-refractivity contribution in [2.75, 3.05) is 11.9 Å². The number of nitrogens with one attached hydrogen (secondary N) is 1. The van der Waals surface area contributed by atoms with E-state index in [-0.39, 0.29) is 11.9 Å². The Hall–Kier alpha value is -1.17. The lowest BCUT2D eigenvalue weighted by Crippen LogP contribution is -2.32. The van der Waals surface area contributed by atoms with Crippen molar-refractivity contribution in [2.24, 2.45) is 5.73 Å². The van der Waals surface area contributed by atoms with Gasteiger partial charge in [0.05, 0.1) is 5.84 Å². The second-order valence-electron chi connectivity index (χ2n) is 2.91. The number of hydrogen-bond donors (Lipinski definition) is 2. The summed E-state index contributed by atoms with van der Waals surface area (Å²) in [6, 6.07) is 0.186. The largest absolute Gasteiger partial charge is 0.388 e. The van der Waals surface area contributed by atoms with Crippen LogP contribution in [0.1, 0.15) is 13.3 Å². The molecule has 72 valence electrons. The van der Waals surface area contributed by atoms with Gasteiger partial charge in [0.25, 0.3) is 0 Å². The summed E-state index contributed by atoms with van der Waals surface area (Å²) in [7, 11) is 1.92. The molecular formula is C7H13N5S. The van der Waals surface area contributed by atoms with Gasteiger partial charge in [0.2, 0.25) is 5.13 Å².